The Morgan fingerprint density at radius 2 is 2.09 bits per heavy atom. The lowest BCUT2D eigenvalue weighted by atomic mass is 10.2. The summed E-state index contributed by atoms with van der Waals surface area (Å²) in [5.74, 6) is 1.28. The molecule has 1 aromatic carbocycles. The molecule has 0 radical (unpaired) electrons. The lowest BCUT2D eigenvalue weighted by Crippen LogP contribution is -2.05. The summed E-state index contributed by atoms with van der Waals surface area (Å²) in [4.78, 5) is 0.865. The molecule has 2 heterocycles. The highest BCUT2D eigenvalue weighted by molar-refractivity contribution is 9.12. The molecule has 1 aliphatic rings. The van der Waals surface area contributed by atoms with Gasteiger partial charge >= 0.3 is 12.2 Å². The lowest BCUT2D eigenvalue weighted by Gasteiger charge is -2.08. The fourth-order valence-corrected chi connectivity index (χ4v) is 3.82. The summed E-state index contributed by atoms with van der Waals surface area (Å²) in [6.45, 7) is 0. The molecule has 1 aromatic heterocycles. The molecule has 22 heavy (non-hydrogen) atoms. The molecule has 0 saturated heterocycles. The van der Waals surface area contributed by atoms with Crippen molar-refractivity contribution in [3.8, 4) is 0 Å². The highest BCUT2D eigenvalue weighted by Gasteiger charge is 2.30. The van der Waals surface area contributed by atoms with Crippen LogP contribution in [0.4, 0.5) is 24.9 Å². The minimum Gasteiger partial charge on any atom is -0.403 e. The van der Waals surface area contributed by atoms with Crippen LogP contribution < -0.4 is 5.32 Å². The highest BCUT2D eigenvalue weighted by atomic mass is 79.9. The molecule has 0 bridgehead atoms. The van der Waals surface area contributed by atoms with Crippen molar-refractivity contribution in [2.24, 2.45) is 0 Å². The number of hydrogen-bond acceptors (Lipinski definition) is 5. The van der Waals surface area contributed by atoms with Crippen molar-refractivity contribution < 1.29 is 17.6 Å². The quantitative estimate of drug-likeness (QED) is 0.794. The Kier molecular flexibility index (Phi) is 4.18. The number of rotatable bonds is 3. The standard InChI is InChI=1S/C13H9BrF3N3OS/c14-9-4-5-22-10(9)11-19-20-12(21-11)18-8-3-1-2-7(6-8)13(15,16)17/h1-3,6H,4-5H2,(H,18,20). The first kappa shape index (κ1) is 15.4. The van der Waals surface area contributed by atoms with Crippen LogP contribution in [0.1, 0.15) is 17.9 Å². The van der Waals surface area contributed by atoms with E-state index in [0.29, 0.717) is 5.89 Å². The Balaban J connectivity index is 1.80. The van der Waals surface area contributed by atoms with Gasteiger partial charge in [-0.3, -0.25) is 0 Å². The Bertz CT molecular complexity index is 729. The molecule has 0 unspecified atom stereocenters. The number of nitrogens with zero attached hydrogens (tertiary/aromatic N) is 2. The monoisotopic (exact) mass is 391 g/mol. The first-order valence-corrected chi connectivity index (χ1v) is 8.01. The van der Waals surface area contributed by atoms with E-state index in [1.807, 2.05) is 0 Å². The Morgan fingerprint density at radius 3 is 2.77 bits per heavy atom. The smallest absolute Gasteiger partial charge is 0.403 e. The van der Waals surface area contributed by atoms with Gasteiger partial charge < -0.3 is 9.73 Å². The van der Waals surface area contributed by atoms with Gasteiger partial charge in [-0.2, -0.15) is 13.2 Å². The second kappa shape index (κ2) is 5.96. The van der Waals surface area contributed by atoms with Crippen LogP contribution in [0.2, 0.25) is 0 Å². The van der Waals surface area contributed by atoms with E-state index in [1.165, 1.54) is 12.1 Å². The molecule has 0 saturated carbocycles. The maximum absolute atomic E-state index is 12.7. The number of aromatic nitrogens is 2. The molecule has 116 valence electrons. The molecule has 1 N–H and O–H groups in total. The van der Waals surface area contributed by atoms with Crippen LogP contribution in [0.5, 0.6) is 0 Å². The first-order chi connectivity index (χ1) is 10.4. The largest absolute Gasteiger partial charge is 0.416 e. The molecule has 3 rings (SSSR count). The highest BCUT2D eigenvalue weighted by Crippen LogP contribution is 2.41. The SMILES string of the molecule is FC(F)(F)c1cccc(Nc2nnc(C3=C(Br)CCS3)o2)c1. The van der Waals surface area contributed by atoms with E-state index in [1.54, 1.807) is 11.8 Å². The fraction of sp³-hybridized carbons (Fsp3) is 0.231. The van der Waals surface area contributed by atoms with Gasteiger partial charge in [-0.25, -0.2) is 0 Å². The van der Waals surface area contributed by atoms with Crippen LogP contribution >= 0.6 is 27.7 Å². The predicted molar refractivity (Wildman–Crippen MR) is 81.9 cm³/mol. The number of allylic oxidation sites excluding steroid dienone is 1. The number of hydrogen-bond donors (Lipinski definition) is 1. The molecule has 1 aliphatic heterocycles. The van der Waals surface area contributed by atoms with Crippen molar-refractivity contribution in [2.45, 2.75) is 12.6 Å². The zero-order chi connectivity index (χ0) is 15.7. The summed E-state index contributed by atoms with van der Waals surface area (Å²) in [5.41, 5.74) is -0.508. The van der Waals surface area contributed by atoms with E-state index >= 15 is 0 Å². The van der Waals surface area contributed by atoms with Gasteiger partial charge in [0.05, 0.1) is 10.5 Å². The average Bonchev–Trinajstić information content (AvgIpc) is 3.07. The Hall–Kier alpha value is -1.48. The zero-order valence-corrected chi connectivity index (χ0v) is 13.3. The molecule has 0 atom stereocenters. The van der Waals surface area contributed by atoms with Crippen LogP contribution in [0.3, 0.4) is 0 Å². The van der Waals surface area contributed by atoms with Crippen molar-refractivity contribution in [3.05, 3.63) is 40.2 Å². The van der Waals surface area contributed by atoms with Crippen LogP contribution in [0.15, 0.2) is 33.2 Å². The van der Waals surface area contributed by atoms with Gasteiger partial charge in [-0.15, -0.1) is 16.9 Å². The van der Waals surface area contributed by atoms with Crippen molar-refractivity contribution in [1.82, 2.24) is 10.2 Å². The van der Waals surface area contributed by atoms with Crippen molar-refractivity contribution in [2.75, 3.05) is 11.1 Å². The number of benzene rings is 1. The third-order valence-electron chi connectivity index (χ3n) is 2.87. The summed E-state index contributed by atoms with van der Waals surface area (Å²) >= 11 is 5.02. The predicted octanol–water partition coefficient (Wildman–Crippen LogP) is 5.03. The summed E-state index contributed by atoms with van der Waals surface area (Å²) in [6.07, 6.45) is -3.51. The number of nitrogens with one attached hydrogen (secondary N) is 1. The number of alkyl halides is 3. The number of thioether (sulfide) groups is 1. The van der Waals surface area contributed by atoms with E-state index in [-0.39, 0.29) is 11.7 Å². The minimum atomic E-state index is -4.39. The van der Waals surface area contributed by atoms with Crippen molar-refractivity contribution >= 4 is 44.3 Å². The maximum Gasteiger partial charge on any atom is 0.416 e. The third-order valence-corrected chi connectivity index (χ3v) is 5.05. The lowest BCUT2D eigenvalue weighted by molar-refractivity contribution is -0.137. The maximum atomic E-state index is 12.7. The van der Waals surface area contributed by atoms with Gasteiger partial charge in [0.1, 0.15) is 0 Å². The van der Waals surface area contributed by atoms with E-state index in [4.69, 9.17) is 4.42 Å². The van der Waals surface area contributed by atoms with Crippen LogP contribution in [0.25, 0.3) is 4.91 Å². The van der Waals surface area contributed by atoms with Crippen LogP contribution in [-0.4, -0.2) is 16.0 Å². The molecule has 0 aliphatic carbocycles. The van der Waals surface area contributed by atoms with E-state index < -0.39 is 11.7 Å². The second-order valence-electron chi connectivity index (χ2n) is 4.45. The molecule has 9 heteroatoms. The Morgan fingerprint density at radius 1 is 1.27 bits per heavy atom. The van der Waals surface area contributed by atoms with Gasteiger partial charge in [-0.1, -0.05) is 27.1 Å². The molecule has 0 fully saturated rings. The van der Waals surface area contributed by atoms with Crippen molar-refractivity contribution in [3.63, 3.8) is 0 Å². The molecule has 2 aromatic rings. The summed E-state index contributed by atoms with van der Waals surface area (Å²) in [7, 11) is 0. The number of anilines is 2. The van der Waals surface area contributed by atoms with E-state index in [0.717, 1.165) is 33.7 Å². The molecule has 0 amide bonds. The van der Waals surface area contributed by atoms with Gasteiger partial charge in [0.2, 0.25) is 0 Å². The summed E-state index contributed by atoms with van der Waals surface area (Å²) in [5, 5.41) is 10.4. The molecule has 0 spiro atoms. The summed E-state index contributed by atoms with van der Waals surface area (Å²) < 4.78 is 44.4. The van der Waals surface area contributed by atoms with Gasteiger partial charge in [0, 0.05) is 15.9 Å². The number of halogens is 4. The van der Waals surface area contributed by atoms with Crippen molar-refractivity contribution in [1.29, 1.82) is 0 Å². The summed E-state index contributed by atoms with van der Waals surface area (Å²) in [6, 6.07) is 4.85. The topological polar surface area (TPSA) is 51.0 Å². The normalized spacial score (nSPS) is 15.5. The fourth-order valence-electron chi connectivity index (χ4n) is 1.87. The zero-order valence-electron chi connectivity index (χ0n) is 10.9. The van der Waals surface area contributed by atoms with Gasteiger partial charge in [0.15, 0.2) is 0 Å². The minimum absolute atomic E-state index is 0.0506. The average molecular weight is 392 g/mol. The van der Waals surface area contributed by atoms with Gasteiger partial charge in [0.25, 0.3) is 5.89 Å². The second-order valence-corrected chi connectivity index (χ2v) is 6.51. The molecule has 4 nitrogen and oxygen atoms in total. The van der Waals surface area contributed by atoms with Crippen LogP contribution in [0, 0.1) is 0 Å². The molecular formula is C13H9BrF3N3OS. The first-order valence-electron chi connectivity index (χ1n) is 6.23. The Labute approximate surface area is 136 Å². The molecular weight excluding hydrogens is 383 g/mol. The van der Waals surface area contributed by atoms with Crippen LogP contribution in [-0.2, 0) is 6.18 Å². The van der Waals surface area contributed by atoms with Gasteiger partial charge in [-0.05, 0) is 24.6 Å². The third kappa shape index (κ3) is 3.30. The van der Waals surface area contributed by atoms with E-state index in [9.17, 15) is 13.2 Å². The van der Waals surface area contributed by atoms with E-state index in [2.05, 4.69) is 31.4 Å².